The average Bonchev–Trinajstić information content (AvgIpc) is 3.69. The predicted octanol–water partition coefficient (Wildman–Crippen LogP) is 6.41. The Morgan fingerprint density at radius 1 is 0.698 bits per heavy atom. The van der Waals surface area contributed by atoms with E-state index in [-0.39, 0.29) is 44.5 Å². The van der Waals surface area contributed by atoms with Gasteiger partial charge >= 0.3 is 5.97 Å². The van der Waals surface area contributed by atoms with E-state index >= 15 is 0 Å². The quantitative estimate of drug-likeness (QED) is 0.176. The fraction of sp³-hybridized carbons (Fsp3) is 0.233. The molecule has 5 aromatic rings. The Labute approximate surface area is 312 Å². The maximum absolute atomic E-state index is 14.3. The molecule has 0 saturated carbocycles. The number of hydrogen-bond donors (Lipinski definition) is 3. The molecule has 3 heterocycles. The Morgan fingerprint density at radius 2 is 1.38 bits per heavy atom. The molecule has 0 saturated heterocycles. The third-order valence-electron chi connectivity index (χ3n) is 9.35. The zero-order valence-corrected chi connectivity index (χ0v) is 29.8. The van der Waals surface area contributed by atoms with E-state index < -0.39 is 47.5 Å². The molecular formula is C43H40N2O7S. The first-order valence-electron chi connectivity index (χ1n) is 17.5. The van der Waals surface area contributed by atoms with Gasteiger partial charge in [-0.05, 0) is 64.2 Å². The van der Waals surface area contributed by atoms with Gasteiger partial charge in [-0.1, -0.05) is 103 Å². The lowest BCUT2D eigenvalue weighted by molar-refractivity contribution is -0.144. The number of rotatable bonds is 7. The van der Waals surface area contributed by atoms with E-state index in [1.807, 2.05) is 72.1 Å². The van der Waals surface area contributed by atoms with Crippen LogP contribution < -0.4 is 15.4 Å². The van der Waals surface area contributed by atoms with Crippen molar-refractivity contribution in [3.8, 4) is 16.9 Å². The molecule has 9 nitrogen and oxygen atoms in total. The number of hydrogen-bond acceptors (Lipinski definition) is 7. The summed E-state index contributed by atoms with van der Waals surface area (Å²) >= 11 is 1.47. The van der Waals surface area contributed by atoms with E-state index in [1.54, 1.807) is 54.6 Å². The molecule has 0 spiro atoms. The Bertz CT molecular complexity index is 2020. The molecule has 4 atom stereocenters. The number of carboxylic acids is 1. The highest BCUT2D eigenvalue weighted by Gasteiger charge is 2.33. The van der Waals surface area contributed by atoms with E-state index in [9.17, 15) is 29.1 Å². The summed E-state index contributed by atoms with van der Waals surface area (Å²) in [7, 11) is 0. The van der Waals surface area contributed by atoms with Gasteiger partial charge in [0.05, 0.1) is 5.92 Å². The summed E-state index contributed by atoms with van der Waals surface area (Å²) in [6, 6.07) is 34.4. The molecule has 2 aliphatic heterocycles. The molecule has 7 rings (SSSR count). The highest BCUT2D eigenvalue weighted by atomic mass is 32.1. The van der Waals surface area contributed by atoms with Crippen LogP contribution >= 0.6 is 11.3 Å². The van der Waals surface area contributed by atoms with E-state index in [4.69, 9.17) is 4.74 Å². The summed E-state index contributed by atoms with van der Waals surface area (Å²) in [5, 5.41) is 17.8. The third-order valence-corrected chi connectivity index (χ3v) is 10.2. The molecule has 1 aromatic heterocycles. The normalized spacial score (nSPS) is 20.3. The van der Waals surface area contributed by atoms with Crippen LogP contribution in [0.15, 0.2) is 127 Å². The fourth-order valence-corrected chi connectivity index (χ4v) is 7.26. The summed E-state index contributed by atoms with van der Waals surface area (Å²) in [6.45, 7) is -0.268. The lowest BCUT2D eigenvalue weighted by atomic mass is 9.90. The number of amides is 2. The van der Waals surface area contributed by atoms with Crippen molar-refractivity contribution in [2.45, 2.75) is 44.2 Å². The molecule has 2 bridgehead atoms. The minimum Gasteiger partial charge on any atom is -0.486 e. The van der Waals surface area contributed by atoms with Crippen LogP contribution in [0, 0.1) is 11.8 Å². The van der Waals surface area contributed by atoms with Crippen LogP contribution in [-0.2, 0) is 43.2 Å². The molecule has 2 aliphatic rings. The van der Waals surface area contributed by atoms with Gasteiger partial charge in [-0.15, -0.1) is 11.3 Å². The van der Waals surface area contributed by atoms with Crippen LogP contribution in [0.4, 0.5) is 0 Å². The highest BCUT2D eigenvalue weighted by Crippen LogP contribution is 2.25. The number of nitrogens with one attached hydrogen (secondary N) is 2. The molecule has 0 aliphatic carbocycles. The molecule has 0 fully saturated rings. The van der Waals surface area contributed by atoms with E-state index in [2.05, 4.69) is 10.6 Å². The Kier molecular flexibility index (Phi) is 12.2. The molecular weight excluding hydrogens is 689 g/mol. The topological polar surface area (TPSA) is 139 Å². The van der Waals surface area contributed by atoms with E-state index in [0.717, 1.165) is 21.6 Å². The summed E-state index contributed by atoms with van der Waals surface area (Å²) in [6.07, 6.45) is -0.0173. The van der Waals surface area contributed by atoms with Gasteiger partial charge in [-0.3, -0.25) is 24.0 Å². The third kappa shape index (κ3) is 10.1. The number of ketones is 2. The SMILES string of the molecule is O=C1COc2ccc(cc2)C[C@@H](C(=O)O)CC(=O)[C@H](c2ccccc2)NC(=O)[C@H](Cc2ccc(-c3ccccc3)cc2)NC(=O)[C@H](Cc2cccs2)C1. The second-order valence-corrected chi connectivity index (χ2v) is 14.3. The number of Topliss-reactive ketones (excluding diaryl/α,β-unsaturated/α-hetero) is 2. The maximum Gasteiger partial charge on any atom is 0.307 e. The maximum atomic E-state index is 14.3. The van der Waals surface area contributed by atoms with Crippen molar-refractivity contribution in [3.05, 3.63) is 148 Å². The van der Waals surface area contributed by atoms with Crippen molar-refractivity contribution in [1.82, 2.24) is 10.6 Å². The predicted molar refractivity (Wildman–Crippen MR) is 202 cm³/mol. The number of fused-ring (bicyclic) bond motifs is 16. The number of carbonyl (C=O) groups is 5. The van der Waals surface area contributed by atoms with E-state index in [0.29, 0.717) is 16.9 Å². The Hall–Kier alpha value is -5.87. The first kappa shape index (κ1) is 36.9. The van der Waals surface area contributed by atoms with Crippen LogP contribution in [0.5, 0.6) is 5.75 Å². The first-order valence-corrected chi connectivity index (χ1v) is 18.4. The monoisotopic (exact) mass is 728 g/mol. The molecule has 3 N–H and O–H groups in total. The van der Waals surface area contributed by atoms with Crippen molar-refractivity contribution < 1.29 is 33.8 Å². The number of thiophene rings is 1. The number of aliphatic carboxylic acids is 1. The Balaban J connectivity index is 1.35. The first-order chi connectivity index (χ1) is 25.7. The zero-order chi connectivity index (χ0) is 37.2. The smallest absolute Gasteiger partial charge is 0.307 e. The average molecular weight is 729 g/mol. The van der Waals surface area contributed by atoms with Gasteiger partial charge in [0.1, 0.15) is 24.4 Å². The minimum atomic E-state index is -1.17. The van der Waals surface area contributed by atoms with Crippen molar-refractivity contribution in [2.75, 3.05) is 6.61 Å². The highest BCUT2D eigenvalue weighted by molar-refractivity contribution is 7.09. The van der Waals surface area contributed by atoms with Gasteiger partial charge in [0.15, 0.2) is 11.6 Å². The molecule has 4 aromatic carbocycles. The van der Waals surface area contributed by atoms with Crippen LogP contribution in [0.25, 0.3) is 11.1 Å². The van der Waals surface area contributed by atoms with Gasteiger partial charge in [0.25, 0.3) is 0 Å². The van der Waals surface area contributed by atoms with Crippen LogP contribution in [0.3, 0.4) is 0 Å². The zero-order valence-electron chi connectivity index (χ0n) is 29.0. The summed E-state index contributed by atoms with van der Waals surface area (Å²) in [5.74, 6) is -4.46. The lowest BCUT2D eigenvalue weighted by Crippen LogP contribution is -2.51. The Morgan fingerprint density at radius 3 is 2.04 bits per heavy atom. The fourth-order valence-electron chi connectivity index (χ4n) is 6.48. The van der Waals surface area contributed by atoms with Crippen LogP contribution in [0.1, 0.15) is 40.5 Å². The second-order valence-electron chi connectivity index (χ2n) is 13.2. The van der Waals surface area contributed by atoms with Crippen LogP contribution in [-0.4, -0.2) is 47.1 Å². The van der Waals surface area contributed by atoms with Gasteiger partial charge < -0.3 is 20.5 Å². The number of carbonyl (C=O) groups excluding carboxylic acids is 4. The number of benzene rings is 4. The largest absolute Gasteiger partial charge is 0.486 e. The van der Waals surface area contributed by atoms with Gasteiger partial charge in [0.2, 0.25) is 11.8 Å². The molecule has 270 valence electrons. The summed E-state index contributed by atoms with van der Waals surface area (Å²) in [5.41, 5.74) is 3.94. The molecule has 2 amide bonds. The second kappa shape index (κ2) is 17.6. The molecule has 0 unspecified atom stereocenters. The van der Waals surface area contributed by atoms with Crippen molar-refractivity contribution in [1.29, 1.82) is 0 Å². The van der Waals surface area contributed by atoms with Gasteiger partial charge in [0, 0.05) is 30.1 Å². The van der Waals surface area contributed by atoms with E-state index in [1.165, 1.54) is 11.3 Å². The molecule has 53 heavy (non-hydrogen) atoms. The summed E-state index contributed by atoms with van der Waals surface area (Å²) < 4.78 is 5.76. The summed E-state index contributed by atoms with van der Waals surface area (Å²) in [4.78, 5) is 69.1. The minimum absolute atomic E-state index is 0.0673. The number of ether oxygens (including phenoxy) is 1. The van der Waals surface area contributed by atoms with Crippen molar-refractivity contribution in [2.24, 2.45) is 11.8 Å². The lowest BCUT2D eigenvalue weighted by Gasteiger charge is -2.26. The standard InChI is InChI=1S/C43H40N2O7S/c46-35-24-33(25-37-12-7-21-53-37)41(48)44-38(23-29-13-17-31(18-14-29)30-8-3-1-4-9-30)42(49)45-40(32-10-5-2-6-11-32)39(47)26-34(43(50)51)22-28-15-19-36(20-16-28)52-27-35/h1-21,33-34,38,40H,22-27H2,(H,44,48)(H,45,49)(H,50,51)/t33-,34+,38-,40-/m0/s1. The molecule has 0 radical (unpaired) electrons. The number of carboxylic acid groups (broad SMARTS) is 1. The molecule has 10 heteroatoms. The van der Waals surface area contributed by atoms with Crippen molar-refractivity contribution in [3.63, 3.8) is 0 Å². The van der Waals surface area contributed by atoms with Gasteiger partial charge in [-0.2, -0.15) is 0 Å². The van der Waals surface area contributed by atoms with Gasteiger partial charge in [-0.25, -0.2) is 0 Å². The van der Waals surface area contributed by atoms with Crippen LogP contribution in [0.2, 0.25) is 0 Å². The van der Waals surface area contributed by atoms with Crippen molar-refractivity contribution >= 4 is 40.7 Å².